The first-order chi connectivity index (χ1) is 12.1. The van der Waals surface area contributed by atoms with Crippen LogP contribution in [-0.4, -0.2) is 19.8 Å². The van der Waals surface area contributed by atoms with Crippen LogP contribution in [0.3, 0.4) is 0 Å². The van der Waals surface area contributed by atoms with Gasteiger partial charge in [-0.05, 0) is 29.8 Å². The molecule has 0 saturated heterocycles. The zero-order chi connectivity index (χ0) is 17.4. The number of nitrogens with zero attached hydrogens (tertiary/aromatic N) is 2. The van der Waals surface area contributed by atoms with Crippen LogP contribution in [0.25, 0.3) is 11.0 Å². The van der Waals surface area contributed by atoms with Crippen LogP contribution in [0.5, 0.6) is 0 Å². The van der Waals surface area contributed by atoms with Gasteiger partial charge < -0.3 is 19.2 Å². The number of rotatable bonds is 4. The highest BCUT2D eigenvalue weighted by Gasteiger charge is 2.45. The first-order valence-corrected chi connectivity index (χ1v) is 8.03. The highest BCUT2D eigenvalue weighted by atomic mass is 16.4. The molecule has 2 heterocycles. The quantitative estimate of drug-likeness (QED) is 0.601. The summed E-state index contributed by atoms with van der Waals surface area (Å²) in [6.07, 6.45) is 0.166. The van der Waals surface area contributed by atoms with Crippen molar-refractivity contribution < 1.29 is 14.6 Å². The minimum Gasteiger partial charge on any atom is -0.466 e. The first kappa shape index (κ1) is 15.6. The molecule has 2 aromatic carbocycles. The molecule has 0 bridgehead atoms. The van der Waals surface area contributed by atoms with Gasteiger partial charge in [-0.2, -0.15) is 0 Å². The molecule has 0 aliphatic carbocycles. The Morgan fingerprint density at radius 3 is 2.40 bits per heavy atom. The number of aromatic nitrogens is 2. The van der Waals surface area contributed by atoms with Crippen molar-refractivity contribution in [1.29, 1.82) is 0 Å². The number of benzene rings is 2. The van der Waals surface area contributed by atoms with Gasteiger partial charge in [0.25, 0.3) is 0 Å². The summed E-state index contributed by atoms with van der Waals surface area (Å²) in [5, 5.41) is 22.7. The fourth-order valence-electron chi connectivity index (χ4n) is 3.24. The Bertz CT molecular complexity index is 992. The number of imidazole rings is 1. The molecule has 0 fully saturated rings. The number of hydrogen-bond donors (Lipinski definition) is 2. The molecule has 5 nitrogen and oxygen atoms in total. The first-order valence-electron chi connectivity index (χ1n) is 8.03. The lowest BCUT2D eigenvalue weighted by atomic mass is 9.86. The zero-order valence-electron chi connectivity index (χ0n) is 13.7. The Balaban J connectivity index is 1.98. The van der Waals surface area contributed by atoms with E-state index in [0.717, 1.165) is 11.0 Å². The number of aliphatic hydroxyl groups excluding tert-OH is 1. The van der Waals surface area contributed by atoms with Crippen molar-refractivity contribution in [2.24, 2.45) is 7.05 Å². The van der Waals surface area contributed by atoms with E-state index in [2.05, 4.69) is 4.98 Å². The van der Waals surface area contributed by atoms with Crippen molar-refractivity contribution >= 4 is 11.0 Å². The van der Waals surface area contributed by atoms with E-state index in [4.69, 9.17) is 4.42 Å². The molecule has 4 aromatic rings. The zero-order valence-corrected chi connectivity index (χ0v) is 13.7. The van der Waals surface area contributed by atoms with E-state index < -0.39 is 11.7 Å². The molecule has 2 aromatic heterocycles. The molecule has 0 amide bonds. The fraction of sp³-hybridized carbons (Fsp3) is 0.150. The summed E-state index contributed by atoms with van der Waals surface area (Å²) in [5.74, 6) is 0.627. The molecule has 0 spiro atoms. The molecule has 4 rings (SSSR count). The summed E-state index contributed by atoms with van der Waals surface area (Å²) in [6, 6.07) is 20.0. The van der Waals surface area contributed by atoms with E-state index in [1.165, 1.54) is 6.26 Å². The van der Waals surface area contributed by atoms with Crippen molar-refractivity contribution in [2.75, 3.05) is 0 Å². The number of aryl methyl sites for hydroxylation is 1. The van der Waals surface area contributed by atoms with Gasteiger partial charge in [0.05, 0.1) is 17.3 Å². The molecule has 5 heteroatoms. The summed E-state index contributed by atoms with van der Waals surface area (Å²) < 4.78 is 7.15. The van der Waals surface area contributed by atoms with Crippen molar-refractivity contribution in [3.8, 4) is 0 Å². The average molecular weight is 334 g/mol. The van der Waals surface area contributed by atoms with Gasteiger partial charge in [-0.1, -0.05) is 42.5 Å². The number of para-hydroxylation sites is 2. The van der Waals surface area contributed by atoms with Crippen LogP contribution in [0, 0.1) is 0 Å². The number of hydrogen-bond acceptors (Lipinski definition) is 4. The lowest BCUT2D eigenvalue weighted by Gasteiger charge is -2.32. The van der Waals surface area contributed by atoms with E-state index in [1.807, 2.05) is 49.5 Å². The third kappa shape index (κ3) is 2.36. The summed E-state index contributed by atoms with van der Waals surface area (Å²) in [6.45, 7) is 0. The molecule has 2 atom stereocenters. The number of fused-ring (bicyclic) bond motifs is 1. The third-order valence-electron chi connectivity index (χ3n) is 4.55. The number of aliphatic hydroxyl groups is 2. The maximum Gasteiger partial charge on any atom is 0.180 e. The van der Waals surface area contributed by atoms with Gasteiger partial charge in [-0.25, -0.2) is 4.98 Å². The summed E-state index contributed by atoms with van der Waals surface area (Å²) in [7, 11) is 1.83. The summed E-state index contributed by atoms with van der Waals surface area (Å²) in [4.78, 5) is 4.60. The monoisotopic (exact) mass is 334 g/mol. The summed E-state index contributed by atoms with van der Waals surface area (Å²) in [5.41, 5.74) is 0.407. The van der Waals surface area contributed by atoms with Gasteiger partial charge in [0.2, 0.25) is 0 Å². The third-order valence-corrected chi connectivity index (χ3v) is 4.55. The molecule has 0 unspecified atom stereocenters. The molecule has 0 aliphatic heterocycles. The van der Waals surface area contributed by atoms with Gasteiger partial charge >= 0.3 is 0 Å². The molecule has 0 aliphatic rings. The van der Waals surface area contributed by atoms with Crippen molar-refractivity contribution in [2.45, 2.75) is 11.7 Å². The molecule has 25 heavy (non-hydrogen) atoms. The van der Waals surface area contributed by atoms with Gasteiger partial charge in [0, 0.05) is 7.05 Å². The minimum absolute atomic E-state index is 0.276. The topological polar surface area (TPSA) is 71.4 Å². The van der Waals surface area contributed by atoms with Gasteiger partial charge in [0.15, 0.2) is 11.7 Å². The molecular weight excluding hydrogens is 316 g/mol. The molecular formula is C20H18N2O3. The van der Waals surface area contributed by atoms with E-state index in [1.54, 1.807) is 28.8 Å². The Hall–Kier alpha value is -2.89. The van der Waals surface area contributed by atoms with Crippen molar-refractivity contribution in [1.82, 2.24) is 9.55 Å². The van der Waals surface area contributed by atoms with Gasteiger partial charge in [-0.15, -0.1) is 0 Å². The molecule has 126 valence electrons. The predicted molar refractivity (Wildman–Crippen MR) is 93.8 cm³/mol. The van der Waals surface area contributed by atoms with E-state index >= 15 is 0 Å². The standard InChI is InChI=1S/C20H18N2O3/c1-22-16-11-6-5-10-15(16)21-19(22)20(24,14-8-3-2-4-9-14)18(23)17-12-7-13-25-17/h2-13,18,23-24H,1H3/t18-,20+/m1/s1. The SMILES string of the molecule is Cn1c([C@](O)(c2ccccc2)[C@H](O)c2ccco2)nc2ccccc21. The minimum atomic E-state index is -1.76. The van der Waals surface area contributed by atoms with Crippen LogP contribution in [0.2, 0.25) is 0 Å². The maximum atomic E-state index is 11.7. The molecule has 0 saturated carbocycles. The average Bonchev–Trinajstić information content (AvgIpc) is 3.30. The second-order valence-electron chi connectivity index (χ2n) is 6.03. The van der Waals surface area contributed by atoms with Gasteiger partial charge in [0.1, 0.15) is 11.6 Å². The van der Waals surface area contributed by atoms with E-state index in [9.17, 15) is 10.2 Å². The number of furan rings is 1. The van der Waals surface area contributed by atoms with E-state index in [0.29, 0.717) is 11.4 Å². The Labute approximate surface area is 144 Å². The van der Waals surface area contributed by atoms with Crippen molar-refractivity contribution in [3.05, 3.63) is 90.1 Å². The van der Waals surface area contributed by atoms with Crippen LogP contribution < -0.4 is 0 Å². The largest absolute Gasteiger partial charge is 0.466 e. The lowest BCUT2D eigenvalue weighted by Crippen LogP contribution is -2.37. The smallest absolute Gasteiger partial charge is 0.180 e. The van der Waals surface area contributed by atoms with Crippen LogP contribution in [-0.2, 0) is 12.6 Å². The molecule has 2 N–H and O–H groups in total. The van der Waals surface area contributed by atoms with Crippen LogP contribution in [0.1, 0.15) is 23.3 Å². The van der Waals surface area contributed by atoms with Gasteiger partial charge in [-0.3, -0.25) is 0 Å². The summed E-state index contributed by atoms with van der Waals surface area (Å²) >= 11 is 0. The maximum absolute atomic E-state index is 11.7. The van der Waals surface area contributed by atoms with Crippen LogP contribution in [0.15, 0.2) is 77.4 Å². The second kappa shape index (κ2) is 5.88. The Kier molecular flexibility index (Phi) is 3.67. The molecule has 0 radical (unpaired) electrons. The van der Waals surface area contributed by atoms with Crippen LogP contribution in [0.4, 0.5) is 0 Å². The second-order valence-corrected chi connectivity index (χ2v) is 6.03. The van der Waals surface area contributed by atoms with E-state index in [-0.39, 0.29) is 5.76 Å². The normalized spacial score (nSPS) is 15.2. The van der Waals surface area contributed by atoms with Crippen LogP contribution >= 0.6 is 0 Å². The fourth-order valence-corrected chi connectivity index (χ4v) is 3.24. The highest BCUT2D eigenvalue weighted by Crippen LogP contribution is 2.41. The lowest BCUT2D eigenvalue weighted by molar-refractivity contribution is -0.0685. The Morgan fingerprint density at radius 1 is 1.00 bits per heavy atom. The Morgan fingerprint density at radius 2 is 1.72 bits per heavy atom. The van der Waals surface area contributed by atoms with Crippen molar-refractivity contribution in [3.63, 3.8) is 0 Å². The highest BCUT2D eigenvalue weighted by molar-refractivity contribution is 5.76. The predicted octanol–water partition coefficient (Wildman–Crippen LogP) is 3.14.